The zero-order chi connectivity index (χ0) is 13.2. The van der Waals surface area contributed by atoms with Crippen molar-refractivity contribution in [3.63, 3.8) is 0 Å². The number of carbonyl (C=O) groups is 1. The van der Waals surface area contributed by atoms with Crippen molar-refractivity contribution in [2.75, 3.05) is 0 Å². The Morgan fingerprint density at radius 2 is 2.12 bits per heavy atom. The van der Waals surface area contributed by atoms with Crippen LogP contribution in [0.5, 0.6) is 5.88 Å². The standard InChI is InChI=1S/C8H7F3N2O4/c9-8(10,11)17-5-1-4(14)3(2-12)6(13-5)7(15)16/h1H,2,12H2,(H,13,14)(H,15,16). The Morgan fingerprint density at radius 1 is 1.53 bits per heavy atom. The summed E-state index contributed by atoms with van der Waals surface area (Å²) in [4.78, 5) is 23.8. The predicted molar refractivity (Wildman–Crippen MR) is 48.6 cm³/mol. The Hall–Kier alpha value is -2.03. The number of nitrogens with one attached hydrogen (secondary N) is 1. The molecule has 0 aliphatic heterocycles. The number of H-pyrrole nitrogens is 1. The second-order valence-electron chi connectivity index (χ2n) is 2.91. The fourth-order valence-corrected chi connectivity index (χ4v) is 1.13. The lowest BCUT2D eigenvalue weighted by atomic mass is 10.2. The van der Waals surface area contributed by atoms with Gasteiger partial charge in [0, 0.05) is 18.2 Å². The molecule has 4 N–H and O–H groups in total. The molecule has 0 saturated heterocycles. The van der Waals surface area contributed by atoms with Crippen LogP contribution in [0.25, 0.3) is 0 Å². The molecule has 9 heteroatoms. The highest BCUT2D eigenvalue weighted by Gasteiger charge is 2.32. The van der Waals surface area contributed by atoms with E-state index in [0.717, 1.165) is 0 Å². The first-order chi connectivity index (χ1) is 7.74. The number of ether oxygens (including phenoxy) is 1. The van der Waals surface area contributed by atoms with E-state index in [-0.39, 0.29) is 5.56 Å². The van der Waals surface area contributed by atoms with Gasteiger partial charge in [0.05, 0.1) is 0 Å². The summed E-state index contributed by atoms with van der Waals surface area (Å²) >= 11 is 0. The van der Waals surface area contributed by atoms with E-state index >= 15 is 0 Å². The van der Waals surface area contributed by atoms with Crippen molar-refractivity contribution < 1.29 is 27.8 Å². The van der Waals surface area contributed by atoms with Crippen molar-refractivity contribution >= 4 is 5.97 Å². The SMILES string of the molecule is NCc1c(C(=O)O)[nH]c(OC(F)(F)F)cc1=O. The minimum Gasteiger partial charge on any atom is -0.477 e. The summed E-state index contributed by atoms with van der Waals surface area (Å²) in [6.45, 7) is -0.413. The third kappa shape index (κ3) is 3.21. The summed E-state index contributed by atoms with van der Waals surface area (Å²) < 4.78 is 39.0. The lowest BCUT2D eigenvalue weighted by Gasteiger charge is -2.10. The highest BCUT2D eigenvalue weighted by molar-refractivity contribution is 5.87. The highest BCUT2D eigenvalue weighted by Crippen LogP contribution is 2.20. The number of pyridine rings is 1. The maximum atomic E-state index is 11.9. The van der Waals surface area contributed by atoms with Gasteiger partial charge in [-0.25, -0.2) is 4.79 Å². The summed E-state index contributed by atoms with van der Waals surface area (Å²) in [6.07, 6.45) is -5.02. The van der Waals surface area contributed by atoms with E-state index in [0.29, 0.717) is 6.07 Å². The molecule has 1 rings (SSSR count). The molecule has 1 heterocycles. The maximum Gasteiger partial charge on any atom is 0.574 e. The molecule has 0 aliphatic carbocycles. The van der Waals surface area contributed by atoms with E-state index in [1.165, 1.54) is 0 Å². The first kappa shape index (κ1) is 13.0. The number of aromatic carboxylic acids is 1. The topological polar surface area (TPSA) is 105 Å². The molecule has 0 saturated carbocycles. The van der Waals surface area contributed by atoms with Gasteiger partial charge < -0.3 is 20.6 Å². The molecule has 1 aromatic heterocycles. The van der Waals surface area contributed by atoms with Gasteiger partial charge in [-0.05, 0) is 0 Å². The van der Waals surface area contributed by atoms with Crippen LogP contribution in [-0.2, 0) is 6.54 Å². The Labute approximate surface area is 91.8 Å². The van der Waals surface area contributed by atoms with Crippen molar-refractivity contribution in [3.05, 3.63) is 27.5 Å². The van der Waals surface area contributed by atoms with Gasteiger partial charge in [-0.2, -0.15) is 0 Å². The highest BCUT2D eigenvalue weighted by atomic mass is 19.4. The molecular weight excluding hydrogens is 245 g/mol. The van der Waals surface area contributed by atoms with Gasteiger partial charge >= 0.3 is 12.3 Å². The molecule has 0 bridgehead atoms. The number of alkyl halides is 3. The lowest BCUT2D eigenvalue weighted by Crippen LogP contribution is -2.24. The van der Waals surface area contributed by atoms with Crippen LogP contribution >= 0.6 is 0 Å². The molecule has 0 aliphatic rings. The maximum absolute atomic E-state index is 11.9. The van der Waals surface area contributed by atoms with Crippen molar-refractivity contribution in [1.82, 2.24) is 4.98 Å². The van der Waals surface area contributed by atoms with Gasteiger partial charge in [0.25, 0.3) is 0 Å². The first-order valence-corrected chi connectivity index (χ1v) is 4.20. The largest absolute Gasteiger partial charge is 0.574 e. The molecule has 0 amide bonds. The molecule has 94 valence electrons. The number of carboxylic acid groups (broad SMARTS) is 1. The number of aromatic amines is 1. The fraction of sp³-hybridized carbons (Fsp3) is 0.250. The van der Waals surface area contributed by atoms with E-state index < -0.39 is 35.9 Å². The summed E-state index contributed by atoms with van der Waals surface area (Å²) in [7, 11) is 0. The number of rotatable bonds is 3. The van der Waals surface area contributed by atoms with Gasteiger partial charge in [-0.1, -0.05) is 0 Å². The summed E-state index contributed by atoms with van der Waals surface area (Å²) in [5, 5.41) is 8.68. The van der Waals surface area contributed by atoms with Crippen LogP contribution in [0.3, 0.4) is 0 Å². The molecule has 0 fully saturated rings. The third-order valence-electron chi connectivity index (χ3n) is 1.75. The van der Waals surface area contributed by atoms with Crippen LogP contribution in [-0.4, -0.2) is 22.4 Å². The Bertz CT molecular complexity index is 495. The Balaban J connectivity index is 3.30. The molecular formula is C8H7F3N2O4. The van der Waals surface area contributed by atoms with Crippen LogP contribution in [0.15, 0.2) is 10.9 Å². The smallest absolute Gasteiger partial charge is 0.477 e. The fourth-order valence-electron chi connectivity index (χ4n) is 1.13. The quantitative estimate of drug-likeness (QED) is 0.723. The van der Waals surface area contributed by atoms with E-state index in [9.17, 15) is 22.8 Å². The third-order valence-corrected chi connectivity index (χ3v) is 1.75. The molecule has 0 atom stereocenters. The van der Waals surface area contributed by atoms with Crippen molar-refractivity contribution in [3.8, 4) is 5.88 Å². The number of aromatic nitrogens is 1. The second kappa shape index (κ2) is 4.45. The lowest BCUT2D eigenvalue weighted by molar-refractivity contribution is -0.276. The summed E-state index contributed by atoms with van der Waals surface area (Å²) in [5.74, 6) is -2.60. The molecule has 0 spiro atoms. The molecule has 1 aromatic rings. The van der Waals surface area contributed by atoms with Gasteiger partial charge in [0.2, 0.25) is 5.88 Å². The molecule has 17 heavy (non-hydrogen) atoms. The van der Waals surface area contributed by atoms with E-state index in [1.54, 1.807) is 0 Å². The number of halogens is 3. The Kier molecular flexibility index (Phi) is 3.42. The number of hydrogen-bond donors (Lipinski definition) is 3. The average Bonchev–Trinajstić information content (AvgIpc) is 2.13. The van der Waals surface area contributed by atoms with Crippen LogP contribution < -0.4 is 15.9 Å². The monoisotopic (exact) mass is 252 g/mol. The molecule has 0 unspecified atom stereocenters. The number of carboxylic acids is 1. The van der Waals surface area contributed by atoms with E-state index in [4.69, 9.17) is 10.8 Å². The van der Waals surface area contributed by atoms with Crippen molar-refractivity contribution in [2.45, 2.75) is 12.9 Å². The van der Waals surface area contributed by atoms with Gasteiger partial charge in [0.15, 0.2) is 5.43 Å². The number of nitrogens with two attached hydrogens (primary N) is 1. The van der Waals surface area contributed by atoms with Crippen LogP contribution in [0, 0.1) is 0 Å². The van der Waals surface area contributed by atoms with Crippen molar-refractivity contribution in [2.24, 2.45) is 5.73 Å². The van der Waals surface area contributed by atoms with E-state index in [1.807, 2.05) is 4.98 Å². The zero-order valence-corrected chi connectivity index (χ0v) is 8.17. The number of hydrogen-bond acceptors (Lipinski definition) is 4. The Morgan fingerprint density at radius 3 is 2.53 bits per heavy atom. The minimum absolute atomic E-state index is 0.327. The molecule has 0 radical (unpaired) electrons. The van der Waals surface area contributed by atoms with Crippen molar-refractivity contribution in [1.29, 1.82) is 0 Å². The predicted octanol–water partition coefficient (Wildman–Crippen LogP) is 0.430. The summed E-state index contributed by atoms with van der Waals surface area (Å²) in [5.41, 5.74) is 3.13. The minimum atomic E-state index is -5.02. The summed E-state index contributed by atoms with van der Waals surface area (Å²) in [6, 6.07) is 0.488. The normalized spacial score (nSPS) is 11.3. The van der Waals surface area contributed by atoms with Crippen LogP contribution in [0.4, 0.5) is 13.2 Å². The molecule has 6 nitrogen and oxygen atoms in total. The van der Waals surface area contributed by atoms with Gasteiger partial charge in [-0.15, -0.1) is 13.2 Å². The average molecular weight is 252 g/mol. The first-order valence-electron chi connectivity index (χ1n) is 4.20. The zero-order valence-electron chi connectivity index (χ0n) is 8.17. The second-order valence-corrected chi connectivity index (χ2v) is 2.91. The van der Waals surface area contributed by atoms with E-state index in [2.05, 4.69) is 4.74 Å². The molecule has 0 aromatic carbocycles. The van der Waals surface area contributed by atoms with Crippen LogP contribution in [0.2, 0.25) is 0 Å². The van der Waals surface area contributed by atoms with Gasteiger partial charge in [-0.3, -0.25) is 4.79 Å². The van der Waals surface area contributed by atoms with Crippen LogP contribution in [0.1, 0.15) is 16.1 Å². The van der Waals surface area contributed by atoms with Gasteiger partial charge in [0.1, 0.15) is 5.69 Å².